The number of carbonyl (C=O) groups excluding carboxylic acids is 3. The van der Waals surface area contributed by atoms with Gasteiger partial charge in [-0.15, -0.1) is 0 Å². The molecule has 6 aliphatic rings. The minimum atomic E-state index is -5.19. The Bertz CT molecular complexity index is 1630. The number of benzene rings is 1. The maximum Gasteiger partial charge on any atom is 0.432 e. The highest BCUT2D eigenvalue weighted by Crippen LogP contribution is 2.73. The molecular formula is C38H47F3O10. The first-order valence-electron chi connectivity index (χ1n) is 17.8. The lowest BCUT2D eigenvalue weighted by Crippen LogP contribution is -2.65. The molecule has 280 valence electrons. The van der Waals surface area contributed by atoms with E-state index in [1.54, 1.807) is 20.8 Å². The van der Waals surface area contributed by atoms with Gasteiger partial charge in [-0.3, -0.25) is 9.59 Å². The Morgan fingerprint density at radius 1 is 1.08 bits per heavy atom. The molecule has 0 bridgehead atoms. The molecule has 1 aromatic rings. The third-order valence-corrected chi connectivity index (χ3v) is 14.5. The van der Waals surface area contributed by atoms with Gasteiger partial charge in [0.2, 0.25) is 0 Å². The zero-order valence-corrected chi connectivity index (χ0v) is 29.6. The maximum atomic E-state index is 14.8. The number of epoxide rings is 1. The molecule has 5 fully saturated rings. The smallest absolute Gasteiger partial charge is 0.432 e. The van der Waals surface area contributed by atoms with Crippen molar-refractivity contribution in [3.8, 4) is 0 Å². The molecule has 0 aromatic heterocycles. The molecule has 0 radical (unpaired) electrons. The van der Waals surface area contributed by atoms with Gasteiger partial charge in [0.05, 0.1) is 29.1 Å². The molecule has 10 nitrogen and oxygen atoms in total. The first-order chi connectivity index (χ1) is 23.7. The summed E-state index contributed by atoms with van der Waals surface area (Å²) in [6, 6.07) is 6.53. The van der Waals surface area contributed by atoms with Crippen molar-refractivity contribution >= 4 is 17.7 Å². The van der Waals surface area contributed by atoms with Crippen LogP contribution in [0.2, 0.25) is 0 Å². The lowest BCUT2D eigenvalue weighted by Gasteiger charge is -2.59. The normalized spacial score (nSPS) is 45.6. The number of alkyl halides is 3. The summed E-state index contributed by atoms with van der Waals surface area (Å²) < 4.78 is 66.8. The number of cyclic esters (lactones) is 1. The molecule has 3 N–H and O–H groups in total. The first kappa shape index (κ1) is 36.5. The van der Waals surface area contributed by atoms with Crippen LogP contribution in [0.1, 0.15) is 65.9 Å². The Hall–Kier alpha value is -2.84. The minimum absolute atomic E-state index is 0.199. The molecule has 1 spiro atoms. The number of hydrogen-bond acceptors (Lipinski definition) is 10. The zero-order chi connectivity index (χ0) is 37.3. The number of esters is 2. The van der Waals surface area contributed by atoms with Crippen LogP contribution >= 0.6 is 0 Å². The van der Waals surface area contributed by atoms with Gasteiger partial charge in [0.15, 0.2) is 11.9 Å². The summed E-state index contributed by atoms with van der Waals surface area (Å²) in [5.41, 5.74) is -9.10. The average molecular weight is 721 g/mol. The van der Waals surface area contributed by atoms with Crippen LogP contribution in [-0.2, 0) is 38.9 Å². The topological polar surface area (TPSA) is 152 Å². The number of halogens is 3. The van der Waals surface area contributed by atoms with E-state index in [1.165, 1.54) is 37.3 Å². The highest BCUT2D eigenvalue weighted by molar-refractivity contribution is 5.98. The summed E-state index contributed by atoms with van der Waals surface area (Å²) in [4.78, 5) is 40.1. The fraction of sp³-hybridized carbons (Fsp3) is 0.711. The van der Waals surface area contributed by atoms with Crippen LogP contribution in [0, 0.1) is 46.3 Å². The number of aliphatic hydroxyl groups is 3. The summed E-state index contributed by atoms with van der Waals surface area (Å²) in [5.74, 6) is -4.80. The summed E-state index contributed by atoms with van der Waals surface area (Å²) in [6.45, 7) is 8.70. The van der Waals surface area contributed by atoms with Gasteiger partial charge < -0.3 is 34.3 Å². The van der Waals surface area contributed by atoms with Gasteiger partial charge in [-0.05, 0) is 74.9 Å². The standard InChI is InChI=1S/C38H47F3O10/c1-18-19(2)31(45)50-28(18)30(44)35(5,47)29-24(42)17-23-21-16-27-37(51-27)26(13-12-25(43)34(37,4)22(21)14-15-33(23,29)3)49-32(46)36(48-6,38(39,40)41)20-10-8-7-9-11-20/h7-13,18-19,21-24,26-30,42,44,47H,14-17H2,1-6H3/t18-,19-,21-,22+,23+,24+,26+,27-,28-,29+,30-,33+,34+,35-,36-,37-/m1/s1. The molecule has 7 rings (SSSR count). The molecule has 4 aliphatic carbocycles. The fourth-order valence-corrected chi connectivity index (χ4v) is 11.7. The van der Waals surface area contributed by atoms with Crippen molar-refractivity contribution in [2.45, 2.75) is 114 Å². The van der Waals surface area contributed by atoms with Crippen LogP contribution in [0.25, 0.3) is 0 Å². The number of hydrogen-bond donors (Lipinski definition) is 3. The van der Waals surface area contributed by atoms with Gasteiger partial charge in [0.25, 0.3) is 5.60 Å². The van der Waals surface area contributed by atoms with Crippen LogP contribution < -0.4 is 0 Å². The van der Waals surface area contributed by atoms with Crippen LogP contribution in [0.15, 0.2) is 42.5 Å². The monoisotopic (exact) mass is 720 g/mol. The highest BCUT2D eigenvalue weighted by Gasteiger charge is 2.82. The Labute approximate surface area is 294 Å². The lowest BCUT2D eigenvalue weighted by atomic mass is 9.44. The number of allylic oxidation sites excluding steroid dienone is 1. The molecule has 2 aliphatic heterocycles. The van der Waals surface area contributed by atoms with Gasteiger partial charge in [-0.25, -0.2) is 4.79 Å². The highest BCUT2D eigenvalue weighted by atomic mass is 19.4. The van der Waals surface area contributed by atoms with Crippen LogP contribution in [0.5, 0.6) is 0 Å². The molecule has 13 heteroatoms. The number of fused-ring (bicyclic) bond motifs is 4. The number of carbonyl (C=O) groups is 3. The minimum Gasteiger partial charge on any atom is -0.459 e. The van der Waals surface area contributed by atoms with E-state index in [4.69, 9.17) is 18.9 Å². The van der Waals surface area contributed by atoms with E-state index in [0.717, 1.165) is 19.2 Å². The molecular weight excluding hydrogens is 673 g/mol. The van der Waals surface area contributed by atoms with Crippen molar-refractivity contribution < 1.29 is 61.8 Å². The van der Waals surface area contributed by atoms with Crippen molar-refractivity contribution in [1.29, 1.82) is 0 Å². The molecule has 51 heavy (non-hydrogen) atoms. The van der Waals surface area contributed by atoms with Gasteiger partial charge in [0, 0.05) is 24.5 Å². The van der Waals surface area contributed by atoms with Crippen LogP contribution in [-0.4, -0.2) is 88.0 Å². The number of ketones is 1. The Morgan fingerprint density at radius 2 is 1.75 bits per heavy atom. The maximum absolute atomic E-state index is 14.8. The number of rotatable bonds is 7. The summed E-state index contributed by atoms with van der Waals surface area (Å²) in [5, 5.41) is 35.3. The van der Waals surface area contributed by atoms with E-state index in [9.17, 15) is 42.9 Å². The largest absolute Gasteiger partial charge is 0.459 e. The van der Waals surface area contributed by atoms with Crippen LogP contribution in [0.3, 0.4) is 0 Å². The summed E-state index contributed by atoms with van der Waals surface area (Å²) >= 11 is 0. The number of methoxy groups -OCH3 is 1. The molecule has 3 saturated carbocycles. The van der Waals surface area contributed by atoms with Gasteiger partial charge in [-0.1, -0.05) is 51.1 Å². The van der Waals surface area contributed by atoms with Crippen molar-refractivity contribution in [1.82, 2.24) is 0 Å². The Kier molecular flexibility index (Phi) is 8.29. The predicted molar refractivity (Wildman–Crippen MR) is 172 cm³/mol. The molecule has 0 amide bonds. The fourth-order valence-electron chi connectivity index (χ4n) is 11.7. The Morgan fingerprint density at radius 3 is 2.33 bits per heavy atom. The second-order valence-electron chi connectivity index (χ2n) is 16.6. The SMILES string of the molecule is CO[C@@](C(=O)O[C@H]1C=CC(=O)[C@]2(C)[C@H]3CC[C@]4(C)[C@@H]([C@@](C)(O)[C@H](O)[C@@H]5OC(=O)[C@H](C)[C@H]5C)[C@@H](O)C[C@H]4[C@@H]3C[C@H]3O[C@]132)(c1ccccc1)C(F)(F)F. The van der Waals surface area contributed by atoms with Crippen LogP contribution in [0.4, 0.5) is 13.2 Å². The summed E-state index contributed by atoms with van der Waals surface area (Å²) in [6.07, 6.45) is -6.45. The van der Waals surface area contributed by atoms with Crippen molar-refractivity contribution in [3.63, 3.8) is 0 Å². The van der Waals surface area contributed by atoms with E-state index in [0.29, 0.717) is 19.3 Å². The van der Waals surface area contributed by atoms with E-state index in [2.05, 4.69) is 0 Å². The molecule has 16 atom stereocenters. The van der Waals surface area contributed by atoms with Gasteiger partial charge in [-0.2, -0.15) is 13.2 Å². The van der Waals surface area contributed by atoms with Gasteiger partial charge in [0.1, 0.15) is 17.8 Å². The Balaban J connectivity index is 1.18. The molecule has 0 unspecified atom stereocenters. The quantitative estimate of drug-likeness (QED) is 0.278. The molecule has 2 saturated heterocycles. The zero-order valence-electron chi connectivity index (χ0n) is 29.6. The van der Waals surface area contributed by atoms with Crippen molar-refractivity contribution in [2.75, 3.05) is 7.11 Å². The van der Waals surface area contributed by atoms with E-state index in [-0.39, 0.29) is 35.9 Å². The summed E-state index contributed by atoms with van der Waals surface area (Å²) in [7, 11) is 0.798. The average Bonchev–Trinajstić information content (AvgIpc) is 3.65. The third-order valence-electron chi connectivity index (χ3n) is 14.5. The van der Waals surface area contributed by atoms with E-state index in [1.807, 2.05) is 6.92 Å². The molecule has 2 heterocycles. The van der Waals surface area contributed by atoms with Gasteiger partial charge >= 0.3 is 18.1 Å². The number of ether oxygens (including phenoxy) is 4. The second-order valence-corrected chi connectivity index (χ2v) is 16.6. The molecule has 1 aromatic carbocycles. The van der Waals surface area contributed by atoms with E-state index < -0.39 is 93.7 Å². The predicted octanol–water partition coefficient (Wildman–Crippen LogP) is 4.03. The number of aliphatic hydroxyl groups excluding tert-OH is 2. The lowest BCUT2D eigenvalue weighted by molar-refractivity contribution is -0.279. The second kappa shape index (κ2) is 11.6. The third kappa shape index (κ3) is 4.63. The van der Waals surface area contributed by atoms with Crippen molar-refractivity contribution in [2.24, 2.45) is 46.3 Å². The first-order valence-corrected chi connectivity index (χ1v) is 17.8. The van der Waals surface area contributed by atoms with Crippen molar-refractivity contribution in [3.05, 3.63) is 48.0 Å². The van der Waals surface area contributed by atoms with E-state index >= 15 is 0 Å².